The topological polar surface area (TPSA) is 38.5 Å². The molecule has 118 valence electrons. The number of hydrogen-bond donors (Lipinski definition) is 1. The number of rotatable bonds is 1. The first kappa shape index (κ1) is 15.9. The molecule has 0 bridgehead atoms. The van der Waals surface area contributed by atoms with Crippen LogP contribution in [0.15, 0.2) is 18.2 Å². The maximum atomic E-state index is 13.0. The molecule has 1 heterocycles. The summed E-state index contributed by atoms with van der Waals surface area (Å²) in [6.07, 6.45) is -4.45. The number of morpholine rings is 1. The predicted octanol–water partition coefficient (Wildman–Crippen LogP) is 3.68. The summed E-state index contributed by atoms with van der Waals surface area (Å²) < 4.78 is 44.9. The highest BCUT2D eigenvalue weighted by Crippen LogP contribution is 2.38. The van der Waals surface area contributed by atoms with Crippen LogP contribution < -0.4 is 10.6 Å². The monoisotopic (exact) mass is 302 g/mol. The standard InChI is InChI=1S/C15H21F3N2O/c1-13(2)8-20(9-14(3,4)21-13)10-5-6-12(19)11(7-10)15(16,17)18/h5-7H,8-9,19H2,1-4H3. The van der Waals surface area contributed by atoms with Crippen molar-refractivity contribution >= 4 is 11.4 Å². The predicted molar refractivity (Wildman–Crippen MR) is 77.3 cm³/mol. The van der Waals surface area contributed by atoms with Crippen molar-refractivity contribution in [3.8, 4) is 0 Å². The minimum absolute atomic E-state index is 0.252. The Morgan fingerprint density at radius 3 is 2.10 bits per heavy atom. The summed E-state index contributed by atoms with van der Waals surface area (Å²) in [6.45, 7) is 8.78. The van der Waals surface area contributed by atoms with Crippen molar-refractivity contribution in [2.45, 2.75) is 45.1 Å². The molecule has 0 aromatic heterocycles. The smallest absolute Gasteiger partial charge is 0.398 e. The highest BCUT2D eigenvalue weighted by molar-refractivity contribution is 5.60. The second-order valence-electron chi connectivity index (χ2n) is 6.75. The highest BCUT2D eigenvalue weighted by Gasteiger charge is 2.39. The van der Waals surface area contributed by atoms with Crippen LogP contribution in [0.25, 0.3) is 0 Å². The second-order valence-corrected chi connectivity index (χ2v) is 6.75. The number of ether oxygens (including phenoxy) is 1. The molecule has 1 aromatic rings. The molecule has 21 heavy (non-hydrogen) atoms. The molecule has 3 nitrogen and oxygen atoms in total. The zero-order chi connectivity index (χ0) is 16.1. The van der Waals surface area contributed by atoms with Crippen LogP contribution in [0.5, 0.6) is 0 Å². The number of anilines is 2. The summed E-state index contributed by atoms with van der Waals surface area (Å²) in [5, 5.41) is 0. The fraction of sp³-hybridized carbons (Fsp3) is 0.600. The number of nitrogens with two attached hydrogens (primary N) is 1. The number of hydrogen-bond acceptors (Lipinski definition) is 3. The van der Waals surface area contributed by atoms with E-state index in [2.05, 4.69) is 0 Å². The van der Waals surface area contributed by atoms with E-state index < -0.39 is 22.9 Å². The van der Waals surface area contributed by atoms with E-state index in [-0.39, 0.29) is 5.69 Å². The molecule has 2 rings (SSSR count). The van der Waals surface area contributed by atoms with Crippen LogP contribution in [0.2, 0.25) is 0 Å². The van der Waals surface area contributed by atoms with Crippen molar-refractivity contribution in [2.24, 2.45) is 0 Å². The summed E-state index contributed by atoms with van der Waals surface area (Å²) in [6, 6.07) is 4.06. The molecule has 0 spiro atoms. The molecule has 0 aliphatic carbocycles. The fourth-order valence-electron chi connectivity index (χ4n) is 2.96. The lowest BCUT2D eigenvalue weighted by Gasteiger charge is -2.48. The Morgan fingerprint density at radius 1 is 1.10 bits per heavy atom. The summed E-state index contributed by atoms with van der Waals surface area (Å²) in [5.41, 5.74) is 4.06. The van der Waals surface area contributed by atoms with E-state index >= 15 is 0 Å². The number of nitrogen functional groups attached to an aromatic ring is 1. The Morgan fingerprint density at radius 2 is 1.62 bits per heavy atom. The summed E-state index contributed by atoms with van der Waals surface area (Å²) in [7, 11) is 0. The van der Waals surface area contributed by atoms with Crippen molar-refractivity contribution in [1.82, 2.24) is 0 Å². The lowest BCUT2D eigenvalue weighted by atomic mass is 9.98. The first-order valence-corrected chi connectivity index (χ1v) is 6.82. The van der Waals surface area contributed by atoms with E-state index in [4.69, 9.17) is 10.5 Å². The zero-order valence-electron chi connectivity index (χ0n) is 12.7. The van der Waals surface area contributed by atoms with Gasteiger partial charge in [-0.2, -0.15) is 13.2 Å². The molecule has 6 heteroatoms. The molecular formula is C15H21F3N2O. The van der Waals surface area contributed by atoms with Crippen LogP contribution in [0.1, 0.15) is 33.3 Å². The molecule has 0 amide bonds. The van der Waals surface area contributed by atoms with Crippen LogP contribution in [-0.4, -0.2) is 24.3 Å². The molecule has 2 N–H and O–H groups in total. The van der Waals surface area contributed by atoms with E-state index in [1.807, 2.05) is 32.6 Å². The van der Waals surface area contributed by atoms with Crippen LogP contribution in [0.3, 0.4) is 0 Å². The van der Waals surface area contributed by atoms with E-state index in [1.54, 1.807) is 6.07 Å². The molecule has 1 fully saturated rings. The summed E-state index contributed by atoms with van der Waals surface area (Å²) >= 11 is 0. The Balaban J connectivity index is 2.38. The second kappa shape index (κ2) is 4.80. The average Bonchev–Trinajstić information content (AvgIpc) is 2.23. The number of halogens is 3. The minimum atomic E-state index is -4.45. The van der Waals surface area contributed by atoms with Gasteiger partial charge in [-0.15, -0.1) is 0 Å². The van der Waals surface area contributed by atoms with Crippen LogP contribution in [0.4, 0.5) is 24.5 Å². The van der Waals surface area contributed by atoms with E-state index in [9.17, 15) is 13.2 Å². The number of nitrogens with zero attached hydrogens (tertiary/aromatic N) is 1. The van der Waals surface area contributed by atoms with Gasteiger partial charge in [-0.3, -0.25) is 0 Å². The number of benzene rings is 1. The molecule has 0 unspecified atom stereocenters. The van der Waals surface area contributed by atoms with Gasteiger partial charge < -0.3 is 15.4 Å². The molecule has 0 radical (unpaired) electrons. The van der Waals surface area contributed by atoms with Crippen LogP contribution in [0, 0.1) is 0 Å². The SMILES string of the molecule is CC1(C)CN(c2ccc(N)c(C(F)(F)F)c2)CC(C)(C)O1. The van der Waals surface area contributed by atoms with Crippen molar-refractivity contribution in [3.05, 3.63) is 23.8 Å². The first-order valence-electron chi connectivity index (χ1n) is 6.82. The first-order chi connectivity index (χ1) is 9.40. The highest BCUT2D eigenvalue weighted by atomic mass is 19.4. The summed E-state index contributed by atoms with van der Waals surface area (Å²) in [5.74, 6) is 0. The minimum Gasteiger partial charge on any atom is -0.398 e. The van der Waals surface area contributed by atoms with Gasteiger partial charge >= 0.3 is 6.18 Å². The van der Waals surface area contributed by atoms with Gasteiger partial charge in [0.25, 0.3) is 0 Å². The largest absolute Gasteiger partial charge is 0.418 e. The van der Waals surface area contributed by atoms with E-state index in [0.717, 1.165) is 6.07 Å². The normalized spacial score (nSPS) is 21.4. The van der Waals surface area contributed by atoms with E-state index in [1.165, 1.54) is 6.07 Å². The molecule has 0 atom stereocenters. The lowest BCUT2D eigenvalue weighted by molar-refractivity contribution is -0.137. The molecule has 1 aliphatic rings. The Hall–Kier alpha value is -1.43. The third-order valence-corrected chi connectivity index (χ3v) is 3.40. The molecule has 1 aliphatic heterocycles. The fourth-order valence-corrected chi connectivity index (χ4v) is 2.96. The van der Waals surface area contributed by atoms with Gasteiger partial charge in [0.15, 0.2) is 0 Å². The lowest BCUT2D eigenvalue weighted by Crippen LogP contribution is -2.57. The van der Waals surface area contributed by atoms with Crippen molar-refractivity contribution in [3.63, 3.8) is 0 Å². The molecule has 1 saturated heterocycles. The molecular weight excluding hydrogens is 281 g/mol. The van der Waals surface area contributed by atoms with Gasteiger partial charge in [0.05, 0.1) is 16.8 Å². The van der Waals surface area contributed by atoms with Gasteiger partial charge in [0.2, 0.25) is 0 Å². The summed E-state index contributed by atoms with van der Waals surface area (Å²) in [4.78, 5) is 1.91. The van der Waals surface area contributed by atoms with Crippen LogP contribution in [-0.2, 0) is 10.9 Å². The molecule has 1 aromatic carbocycles. The van der Waals surface area contributed by atoms with Gasteiger partial charge in [-0.25, -0.2) is 0 Å². The van der Waals surface area contributed by atoms with E-state index in [0.29, 0.717) is 18.8 Å². The van der Waals surface area contributed by atoms with Crippen LogP contribution >= 0.6 is 0 Å². The van der Waals surface area contributed by atoms with Crippen molar-refractivity contribution in [2.75, 3.05) is 23.7 Å². The number of alkyl halides is 3. The van der Waals surface area contributed by atoms with Gasteiger partial charge in [0, 0.05) is 24.5 Å². The molecule has 0 saturated carbocycles. The van der Waals surface area contributed by atoms with Gasteiger partial charge in [0.1, 0.15) is 0 Å². The van der Waals surface area contributed by atoms with Gasteiger partial charge in [-0.05, 0) is 45.9 Å². The van der Waals surface area contributed by atoms with Crippen molar-refractivity contribution < 1.29 is 17.9 Å². The van der Waals surface area contributed by atoms with Gasteiger partial charge in [-0.1, -0.05) is 0 Å². The maximum absolute atomic E-state index is 13.0. The quantitative estimate of drug-likeness (QED) is 0.804. The van der Waals surface area contributed by atoms with Crippen molar-refractivity contribution in [1.29, 1.82) is 0 Å². The Bertz CT molecular complexity index is 522. The third-order valence-electron chi connectivity index (χ3n) is 3.40. The Kier molecular flexibility index (Phi) is 3.64. The third kappa shape index (κ3) is 3.61. The Labute approximate surface area is 122 Å². The average molecular weight is 302 g/mol. The maximum Gasteiger partial charge on any atom is 0.418 e. The zero-order valence-corrected chi connectivity index (χ0v) is 12.7.